The molecule has 0 spiro atoms. The first kappa shape index (κ1) is 11.0. The number of benzene rings is 1. The zero-order valence-electron chi connectivity index (χ0n) is 8.64. The molecule has 0 aliphatic rings. The molecule has 0 bridgehead atoms. The van der Waals surface area contributed by atoms with Crippen LogP contribution in [0.3, 0.4) is 0 Å². The maximum absolute atomic E-state index is 11.9. The molecule has 1 N–H and O–H groups in total. The fourth-order valence-electron chi connectivity index (χ4n) is 1.33. The van der Waals surface area contributed by atoms with Crippen LogP contribution in [0.25, 0.3) is 0 Å². The van der Waals surface area contributed by atoms with E-state index in [0.717, 1.165) is 17.9 Å². The lowest BCUT2D eigenvalue weighted by Gasteiger charge is -2.10. The first-order valence-corrected chi connectivity index (χ1v) is 4.71. The van der Waals surface area contributed by atoms with Crippen LogP contribution in [0.15, 0.2) is 18.2 Å². The minimum absolute atomic E-state index is 0.125. The van der Waals surface area contributed by atoms with Gasteiger partial charge in [-0.2, -0.15) is 0 Å². The molecule has 1 aromatic carbocycles. The maximum atomic E-state index is 11.9. The number of halogens is 1. The van der Waals surface area contributed by atoms with E-state index in [1.54, 1.807) is 0 Å². The second kappa shape index (κ2) is 5.60. The molecule has 0 amide bonds. The number of hydrogen-bond donors (Lipinski definition) is 1. The van der Waals surface area contributed by atoms with Gasteiger partial charge in [0.1, 0.15) is 19.0 Å². The summed E-state index contributed by atoms with van der Waals surface area (Å²) in [5.41, 5.74) is 2.25. The van der Waals surface area contributed by atoms with Gasteiger partial charge in [-0.25, -0.2) is 4.39 Å². The molecule has 1 rings (SSSR count). The van der Waals surface area contributed by atoms with Crippen LogP contribution in [0, 0.1) is 6.92 Å². The summed E-state index contributed by atoms with van der Waals surface area (Å²) in [4.78, 5) is 0. The molecule has 0 unspecified atom stereocenters. The van der Waals surface area contributed by atoms with Crippen LogP contribution in [0.4, 0.5) is 4.39 Å². The molecule has 3 heteroatoms. The van der Waals surface area contributed by atoms with Crippen LogP contribution in [0.1, 0.15) is 11.1 Å². The SMILES string of the molecule is CNCc1cc(C)ccc1OCCF. The number of ether oxygens (including phenoxy) is 1. The lowest BCUT2D eigenvalue weighted by molar-refractivity contribution is 0.270. The standard InChI is InChI=1S/C11H16FNO/c1-9-3-4-11(14-6-5-12)10(7-9)8-13-2/h3-4,7,13H,5-6,8H2,1-2H3. The van der Waals surface area contributed by atoms with Crippen LogP contribution in [-0.4, -0.2) is 20.3 Å². The molecule has 78 valence electrons. The Hall–Kier alpha value is -1.09. The third-order valence-electron chi connectivity index (χ3n) is 1.92. The zero-order valence-corrected chi connectivity index (χ0v) is 8.64. The van der Waals surface area contributed by atoms with Gasteiger partial charge in [0.2, 0.25) is 0 Å². The zero-order chi connectivity index (χ0) is 10.4. The molecule has 0 fully saturated rings. The van der Waals surface area contributed by atoms with E-state index >= 15 is 0 Å². The molecular formula is C11H16FNO. The Bertz CT molecular complexity index is 289. The van der Waals surface area contributed by atoms with Gasteiger partial charge in [0.05, 0.1) is 0 Å². The Morgan fingerprint density at radius 2 is 2.21 bits per heavy atom. The monoisotopic (exact) mass is 197 g/mol. The summed E-state index contributed by atoms with van der Waals surface area (Å²) in [7, 11) is 1.88. The van der Waals surface area contributed by atoms with E-state index in [1.165, 1.54) is 5.56 Å². The lowest BCUT2D eigenvalue weighted by atomic mass is 10.1. The Morgan fingerprint density at radius 1 is 1.43 bits per heavy atom. The molecule has 1 aromatic rings. The quantitative estimate of drug-likeness (QED) is 0.780. The van der Waals surface area contributed by atoms with Gasteiger partial charge in [-0.3, -0.25) is 0 Å². The van der Waals surface area contributed by atoms with E-state index in [1.807, 2.05) is 32.2 Å². The molecule has 0 atom stereocenters. The minimum Gasteiger partial charge on any atom is -0.491 e. The average molecular weight is 197 g/mol. The summed E-state index contributed by atoms with van der Waals surface area (Å²) >= 11 is 0. The van der Waals surface area contributed by atoms with Crippen LogP contribution in [0.5, 0.6) is 5.75 Å². The highest BCUT2D eigenvalue weighted by atomic mass is 19.1. The Balaban J connectivity index is 2.78. The van der Waals surface area contributed by atoms with Gasteiger partial charge in [0.25, 0.3) is 0 Å². The first-order valence-electron chi connectivity index (χ1n) is 4.71. The topological polar surface area (TPSA) is 21.3 Å². The highest BCUT2D eigenvalue weighted by Gasteiger charge is 2.02. The van der Waals surface area contributed by atoms with Gasteiger partial charge < -0.3 is 10.1 Å². The Kier molecular flexibility index (Phi) is 4.40. The van der Waals surface area contributed by atoms with Crippen LogP contribution >= 0.6 is 0 Å². The molecule has 0 aliphatic heterocycles. The Morgan fingerprint density at radius 3 is 2.86 bits per heavy atom. The van der Waals surface area contributed by atoms with Crippen molar-refractivity contribution in [2.24, 2.45) is 0 Å². The van der Waals surface area contributed by atoms with Crippen molar-refractivity contribution in [1.29, 1.82) is 0 Å². The van der Waals surface area contributed by atoms with Crippen molar-refractivity contribution in [2.45, 2.75) is 13.5 Å². The van der Waals surface area contributed by atoms with E-state index in [2.05, 4.69) is 5.32 Å². The van der Waals surface area contributed by atoms with E-state index in [0.29, 0.717) is 0 Å². The fourth-order valence-corrected chi connectivity index (χ4v) is 1.33. The summed E-state index contributed by atoms with van der Waals surface area (Å²) < 4.78 is 17.2. The summed E-state index contributed by atoms with van der Waals surface area (Å²) in [6, 6.07) is 5.90. The normalized spacial score (nSPS) is 10.2. The molecule has 14 heavy (non-hydrogen) atoms. The number of nitrogens with one attached hydrogen (secondary N) is 1. The maximum Gasteiger partial charge on any atom is 0.123 e. The molecule has 0 aromatic heterocycles. The van der Waals surface area contributed by atoms with Crippen molar-refractivity contribution in [3.05, 3.63) is 29.3 Å². The summed E-state index contributed by atoms with van der Waals surface area (Å²) in [5, 5.41) is 3.05. The lowest BCUT2D eigenvalue weighted by Crippen LogP contribution is -2.08. The van der Waals surface area contributed by atoms with E-state index in [9.17, 15) is 4.39 Å². The molecule has 0 saturated heterocycles. The first-order chi connectivity index (χ1) is 6.77. The summed E-state index contributed by atoms with van der Waals surface area (Å²) in [6.07, 6.45) is 0. The largest absolute Gasteiger partial charge is 0.491 e. The average Bonchev–Trinajstić information content (AvgIpc) is 2.17. The predicted molar refractivity (Wildman–Crippen MR) is 55.4 cm³/mol. The molecular weight excluding hydrogens is 181 g/mol. The van der Waals surface area contributed by atoms with E-state index in [-0.39, 0.29) is 6.61 Å². The third kappa shape index (κ3) is 3.00. The number of hydrogen-bond acceptors (Lipinski definition) is 2. The van der Waals surface area contributed by atoms with Crippen molar-refractivity contribution < 1.29 is 9.13 Å². The second-order valence-electron chi connectivity index (χ2n) is 3.18. The minimum atomic E-state index is -0.452. The Labute approximate surface area is 84.1 Å². The third-order valence-corrected chi connectivity index (χ3v) is 1.92. The number of aryl methyl sites for hydroxylation is 1. The fraction of sp³-hybridized carbons (Fsp3) is 0.455. The van der Waals surface area contributed by atoms with Crippen molar-refractivity contribution in [2.75, 3.05) is 20.3 Å². The van der Waals surface area contributed by atoms with Crippen molar-refractivity contribution >= 4 is 0 Å². The summed E-state index contributed by atoms with van der Waals surface area (Å²) in [6.45, 7) is 2.44. The molecule has 0 aliphatic carbocycles. The van der Waals surface area contributed by atoms with Crippen molar-refractivity contribution in [3.8, 4) is 5.75 Å². The molecule has 0 saturated carbocycles. The summed E-state index contributed by atoms with van der Waals surface area (Å²) in [5.74, 6) is 0.766. The smallest absolute Gasteiger partial charge is 0.123 e. The van der Waals surface area contributed by atoms with E-state index < -0.39 is 6.67 Å². The van der Waals surface area contributed by atoms with Crippen LogP contribution in [0.2, 0.25) is 0 Å². The van der Waals surface area contributed by atoms with Gasteiger partial charge in [0.15, 0.2) is 0 Å². The molecule has 0 radical (unpaired) electrons. The van der Waals surface area contributed by atoms with Gasteiger partial charge in [-0.1, -0.05) is 17.7 Å². The molecule has 2 nitrogen and oxygen atoms in total. The highest BCUT2D eigenvalue weighted by molar-refractivity contribution is 5.36. The highest BCUT2D eigenvalue weighted by Crippen LogP contribution is 2.19. The van der Waals surface area contributed by atoms with Crippen LogP contribution < -0.4 is 10.1 Å². The van der Waals surface area contributed by atoms with Crippen molar-refractivity contribution in [3.63, 3.8) is 0 Å². The second-order valence-corrected chi connectivity index (χ2v) is 3.18. The van der Waals surface area contributed by atoms with Crippen LogP contribution in [-0.2, 0) is 6.54 Å². The van der Waals surface area contributed by atoms with Gasteiger partial charge in [-0.15, -0.1) is 0 Å². The van der Waals surface area contributed by atoms with Gasteiger partial charge >= 0.3 is 0 Å². The van der Waals surface area contributed by atoms with Gasteiger partial charge in [0, 0.05) is 12.1 Å². The van der Waals surface area contributed by atoms with Gasteiger partial charge in [-0.05, 0) is 20.0 Å². The predicted octanol–water partition coefficient (Wildman–Crippen LogP) is 2.06. The number of rotatable bonds is 5. The van der Waals surface area contributed by atoms with E-state index in [4.69, 9.17) is 4.74 Å². The number of alkyl halides is 1. The van der Waals surface area contributed by atoms with Crippen molar-refractivity contribution in [1.82, 2.24) is 5.32 Å². The molecule has 0 heterocycles.